The lowest BCUT2D eigenvalue weighted by Crippen LogP contribution is -2.31. The van der Waals surface area contributed by atoms with Crippen LogP contribution >= 0.6 is 0 Å². The number of rotatable bonds is 5. The van der Waals surface area contributed by atoms with Crippen LogP contribution in [0.5, 0.6) is 0 Å². The standard InChI is InChI=1S/C12H13NO4.C7H5NO4.C5H10O/c1-8-6-11(7-8)17-12(14)9-2-4-10(5-3-9)13(15)16;9-7(10)5-1-3-6(4-2-5)8(11)12;1-4-2-5(6)3-4/h2-5,8,11H,6-7H2,1H3;1-4H,(H,9,10);4-6H,2-3H2,1H3. The molecule has 0 aromatic heterocycles. The first-order valence-electron chi connectivity index (χ1n) is 11.1. The minimum atomic E-state index is -1.09. The average molecular weight is 488 g/mol. The van der Waals surface area contributed by atoms with Gasteiger partial charge in [-0.1, -0.05) is 13.8 Å². The number of carboxylic acids is 1. The predicted octanol–water partition coefficient (Wildman–Crippen LogP) is 4.62. The second-order valence-corrected chi connectivity index (χ2v) is 8.75. The fourth-order valence-electron chi connectivity index (χ4n) is 3.45. The minimum Gasteiger partial charge on any atom is -0.478 e. The topological polar surface area (TPSA) is 170 Å². The molecule has 0 bridgehead atoms. The van der Waals surface area contributed by atoms with E-state index in [1.807, 2.05) is 0 Å². The highest BCUT2D eigenvalue weighted by Crippen LogP contribution is 2.30. The maximum atomic E-state index is 11.6. The summed E-state index contributed by atoms with van der Waals surface area (Å²) in [5.74, 6) is -0.0913. The summed E-state index contributed by atoms with van der Waals surface area (Å²) in [6.45, 7) is 4.27. The van der Waals surface area contributed by atoms with E-state index in [1.165, 1.54) is 36.4 Å². The molecule has 0 atom stereocenters. The van der Waals surface area contributed by atoms with Crippen LogP contribution in [0.1, 0.15) is 60.2 Å². The predicted molar refractivity (Wildman–Crippen MR) is 125 cm³/mol. The molecule has 2 saturated carbocycles. The number of aliphatic hydroxyl groups is 1. The number of nitrogens with zero attached hydrogens (tertiary/aromatic N) is 2. The summed E-state index contributed by atoms with van der Waals surface area (Å²) in [5, 5.41) is 37.6. The number of hydrogen-bond acceptors (Lipinski definition) is 8. The van der Waals surface area contributed by atoms with Crippen molar-refractivity contribution in [3.05, 3.63) is 79.9 Å². The molecular weight excluding hydrogens is 460 g/mol. The molecule has 0 saturated heterocycles. The van der Waals surface area contributed by atoms with Crippen LogP contribution in [0.3, 0.4) is 0 Å². The van der Waals surface area contributed by atoms with Gasteiger partial charge in [0.05, 0.1) is 27.1 Å². The Morgan fingerprint density at radius 2 is 1.20 bits per heavy atom. The van der Waals surface area contributed by atoms with E-state index in [0.29, 0.717) is 11.5 Å². The Balaban J connectivity index is 0.000000207. The van der Waals surface area contributed by atoms with Crippen LogP contribution in [0, 0.1) is 32.1 Å². The maximum absolute atomic E-state index is 11.6. The third-order valence-corrected chi connectivity index (χ3v) is 5.59. The van der Waals surface area contributed by atoms with Gasteiger partial charge in [0.25, 0.3) is 11.4 Å². The third kappa shape index (κ3) is 8.78. The van der Waals surface area contributed by atoms with E-state index in [1.54, 1.807) is 0 Å². The normalized spacial score (nSPS) is 21.9. The van der Waals surface area contributed by atoms with Crippen LogP contribution in [-0.2, 0) is 4.74 Å². The quantitative estimate of drug-likeness (QED) is 0.346. The van der Waals surface area contributed by atoms with Gasteiger partial charge in [-0.05, 0) is 61.8 Å². The van der Waals surface area contributed by atoms with Crippen LogP contribution in [0.4, 0.5) is 11.4 Å². The molecule has 0 radical (unpaired) electrons. The Bertz CT molecular complexity index is 987. The number of nitro groups is 2. The molecule has 0 aliphatic heterocycles. The third-order valence-electron chi connectivity index (χ3n) is 5.59. The lowest BCUT2D eigenvalue weighted by molar-refractivity contribution is -0.385. The second kappa shape index (κ2) is 12.6. The van der Waals surface area contributed by atoms with Crippen LogP contribution in [0.15, 0.2) is 48.5 Å². The number of non-ortho nitro benzene ring substituents is 2. The van der Waals surface area contributed by atoms with Crippen LogP contribution < -0.4 is 0 Å². The molecular formula is C24H28N2O9. The molecule has 11 heteroatoms. The lowest BCUT2D eigenvalue weighted by atomic mass is 9.84. The van der Waals surface area contributed by atoms with Crippen LogP contribution in [0.25, 0.3) is 0 Å². The molecule has 2 N–H and O–H groups in total. The summed E-state index contributed by atoms with van der Waals surface area (Å²) < 4.78 is 5.23. The number of aromatic carboxylic acids is 1. The van der Waals surface area contributed by atoms with Crippen molar-refractivity contribution >= 4 is 23.3 Å². The van der Waals surface area contributed by atoms with E-state index in [9.17, 15) is 29.8 Å². The molecule has 2 aromatic rings. The first-order valence-corrected chi connectivity index (χ1v) is 11.1. The van der Waals surface area contributed by atoms with Crippen molar-refractivity contribution in [2.75, 3.05) is 0 Å². The van der Waals surface area contributed by atoms with E-state index < -0.39 is 21.8 Å². The molecule has 11 nitrogen and oxygen atoms in total. The highest BCUT2D eigenvalue weighted by molar-refractivity contribution is 5.89. The molecule has 4 rings (SSSR count). The van der Waals surface area contributed by atoms with Gasteiger partial charge in [0, 0.05) is 24.3 Å². The number of carbonyl (C=O) groups is 2. The smallest absolute Gasteiger partial charge is 0.338 e. The van der Waals surface area contributed by atoms with Crippen molar-refractivity contribution in [3.8, 4) is 0 Å². The summed E-state index contributed by atoms with van der Waals surface area (Å²) in [6, 6.07) is 10.2. The number of aliphatic hydroxyl groups excluding tert-OH is 1. The number of nitro benzene ring substituents is 2. The van der Waals surface area contributed by atoms with Crippen LogP contribution in [0.2, 0.25) is 0 Å². The number of esters is 1. The zero-order chi connectivity index (χ0) is 26.1. The van der Waals surface area contributed by atoms with Gasteiger partial charge in [0.1, 0.15) is 6.10 Å². The Morgan fingerprint density at radius 3 is 1.49 bits per heavy atom. The van der Waals surface area contributed by atoms with Crippen molar-refractivity contribution in [2.24, 2.45) is 11.8 Å². The molecule has 2 aliphatic carbocycles. The monoisotopic (exact) mass is 488 g/mol. The van der Waals surface area contributed by atoms with Gasteiger partial charge in [0.2, 0.25) is 0 Å². The van der Waals surface area contributed by atoms with Crippen molar-refractivity contribution < 1.29 is 34.4 Å². The van der Waals surface area contributed by atoms with Gasteiger partial charge in [-0.3, -0.25) is 20.2 Å². The van der Waals surface area contributed by atoms with Gasteiger partial charge >= 0.3 is 11.9 Å². The van der Waals surface area contributed by atoms with Crippen LogP contribution in [-0.4, -0.2) is 44.2 Å². The van der Waals surface area contributed by atoms with Crippen molar-refractivity contribution in [3.63, 3.8) is 0 Å². The van der Waals surface area contributed by atoms with Crippen molar-refractivity contribution in [1.29, 1.82) is 0 Å². The number of carboxylic acid groups (broad SMARTS) is 1. The molecule has 2 fully saturated rings. The molecule has 0 amide bonds. The minimum absolute atomic E-state index is 0.00712. The van der Waals surface area contributed by atoms with Gasteiger partial charge in [-0.2, -0.15) is 0 Å². The summed E-state index contributed by atoms with van der Waals surface area (Å²) in [6.07, 6.45) is 3.91. The molecule has 0 unspecified atom stereocenters. The number of hydrogen-bond donors (Lipinski definition) is 2. The van der Waals surface area contributed by atoms with E-state index in [4.69, 9.17) is 14.9 Å². The molecule has 2 aliphatic rings. The van der Waals surface area contributed by atoms with Crippen molar-refractivity contribution in [1.82, 2.24) is 0 Å². The molecule has 35 heavy (non-hydrogen) atoms. The molecule has 0 heterocycles. The Kier molecular flexibility index (Phi) is 9.83. The summed E-state index contributed by atoms with van der Waals surface area (Å²) in [4.78, 5) is 41.5. The zero-order valence-corrected chi connectivity index (χ0v) is 19.4. The highest BCUT2D eigenvalue weighted by Gasteiger charge is 2.29. The fraction of sp³-hybridized carbons (Fsp3) is 0.417. The maximum Gasteiger partial charge on any atom is 0.338 e. The Morgan fingerprint density at radius 1 is 0.800 bits per heavy atom. The largest absolute Gasteiger partial charge is 0.478 e. The number of benzene rings is 2. The lowest BCUT2D eigenvalue weighted by Gasteiger charge is -2.31. The Labute approximate surface area is 201 Å². The molecule has 0 spiro atoms. The van der Waals surface area contributed by atoms with Gasteiger partial charge in [-0.15, -0.1) is 0 Å². The van der Waals surface area contributed by atoms with Gasteiger partial charge in [-0.25, -0.2) is 9.59 Å². The second-order valence-electron chi connectivity index (χ2n) is 8.75. The van der Waals surface area contributed by atoms with E-state index in [0.717, 1.165) is 43.7 Å². The summed E-state index contributed by atoms with van der Waals surface area (Å²) in [7, 11) is 0. The van der Waals surface area contributed by atoms with Gasteiger partial charge in [0.15, 0.2) is 0 Å². The van der Waals surface area contributed by atoms with Gasteiger partial charge < -0.3 is 14.9 Å². The van der Waals surface area contributed by atoms with E-state index >= 15 is 0 Å². The first kappa shape index (κ1) is 27.4. The first-order chi connectivity index (χ1) is 16.5. The number of ether oxygens (including phenoxy) is 1. The average Bonchev–Trinajstić information content (AvgIpc) is 2.78. The molecule has 188 valence electrons. The zero-order valence-electron chi connectivity index (χ0n) is 19.4. The highest BCUT2D eigenvalue weighted by atomic mass is 16.6. The summed E-state index contributed by atoms with van der Waals surface area (Å²) in [5.41, 5.74) is 0.259. The summed E-state index contributed by atoms with van der Waals surface area (Å²) >= 11 is 0. The van der Waals surface area contributed by atoms with Crippen molar-refractivity contribution in [2.45, 2.75) is 51.7 Å². The number of carbonyl (C=O) groups excluding carboxylic acids is 1. The SMILES string of the molecule is CC1CC(O)C1.CC1CC(OC(=O)c2ccc([N+](=O)[O-])cc2)C1.O=C(O)c1ccc([N+](=O)[O-])cc1. The molecule has 2 aromatic carbocycles. The fourth-order valence-corrected chi connectivity index (χ4v) is 3.45. The van der Waals surface area contributed by atoms with E-state index in [-0.39, 0.29) is 29.1 Å². The Hall–Kier alpha value is -3.86. The van der Waals surface area contributed by atoms with E-state index in [2.05, 4.69) is 13.8 Å².